The van der Waals surface area contributed by atoms with E-state index in [1.165, 1.54) is 5.67 Å². The molecule has 2 unspecified atom stereocenters. The lowest BCUT2D eigenvalue weighted by Crippen LogP contribution is -2.54. The van der Waals surface area contributed by atoms with Crippen molar-refractivity contribution >= 4 is 34.0 Å². The van der Waals surface area contributed by atoms with Crippen molar-refractivity contribution in [2.45, 2.75) is 76.6 Å². The SMILES string of the molecule is C[SiH](C)C[Si](C)(C)O[Si](C)(CCCOCC1CO1)O[Si](C)(C)C. The summed E-state index contributed by atoms with van der Waals surface area (Å²) >= 11 is 0. The first-order valence-corrected chi connectivity index (χ1v) is 21.2. The van der Waals surface area contributed by atoms with Gasteiger partial charge in [-0.3, -0.25) is 0 Å². The van der Waals surface area contributed by atoms with Gasteiger partial charge in [0.05, 0.1) is 13.2 Å². The summed E-state index contributed by atoms with van der Waals surface area (Å²) in [5.74, 6) is 0. The summed E-state index contributed by atoms with van der Waals surface area (Å²) in [6.07, 6.45) is 1.39. The minimum Gasteiger partial charge on any atom is -0.437 e. The second-order valence-corrected chi connectivity index (χ2v) is 25.5. The molecule has 0 aliphatic carbocycles. The Morgan fingerprint density at radius 1 is 1.04 bits per heavy atom. The van der Waals surface area contributed by atoms with Gasteiger partial charge in [-0.1, -0.05) is 13.1 Å². The number of epoxide rings is 1. The zero-order valence-corrected chi connectivity index (χ0v) is 20.7. The fraction of sp³-hybridized carbons (Fsp3) is 1.00. The first kappa shape index (κ1) is 21.7. The van der Waals surface area contributed by atoms with Gasteiger partial charge in [0.2, 0.25) is 0 Å². The molecule has 2 atom stereocenters. The zero-order chi connectivity index (χ0) is 17.7. The van der Waals surface area contributed by atoms with E-state index in [1.54, 1.807) is 0 Å². The summed E-state index contributed by atoms with van der Waals surface area (Å²) < 4.78 is 24.3. The van der Waals surface area contributed by atoms with Gasteiger partial charge in [-0.15, -0.1) is 0 Å². The van der Waals surface area contributed by atoms with Crippen LogP contribution in [0.2, 0.25) is 64.1 Å². The molecule has 1 heterocycles. The first-order chi connectivity index (χ1) is 10.4. The molecule has 0 saturated carbocycles. The Bertz CT molecular complexity index is 356. The van der Waals surface area contributed by atoms with Gasteiger partial charge < -0.3 is 17.7 Å². The predicted molar refractivity (Wildman–Crippen MR) is 108 cm³/mol. The summed E-state index contributed by atoms with van der Waals surface area (Å²) in [6.45, 7) is 21.1. The molecule has 8 heteroatoms. The van der Waals surface area contributed by atoms with Gasteiger partial charge in [-0.05, 0) is 57.4 Å². The van der Waals surface area contributed by atoms with E-state index in [4.69, 9.17) is 17.7 Å². The smallest absolute Gasteiger partial charge is 0.314 e. The van der Waals surface area contributed by atoms with Crippen molar-refractivity contribution in [1.29, 1.82) is 0 Å². The third-order valence-corrected chi connectivity index (χ3v) is 20.1. The van der Waals surface area contributed by atoms with E-state index in [0.29, 0.717) is 6.10 Å². The van der Waals surface area contributed by atoms with Crippen LogP contribution < -0.4 is 0 Å². The van der Waals surface area contributed by atoms with Gasteiger partial charge in [0, 0.05) is 15.4 Å². The maximum Gasteiger partial charge on any atom is 0.314 e. The Hall–Kier alpha value is 0.708. The summed E-state index contributed by atoms with van der Waals surface area (Å²) in [5, 5.41) is 0. The summed E-state index contributed by atoms with van der Waals surface area (Å²) in [4.78, 5) is 0. The van der Waals surface area contributed by atoms with E-state index in [2.05, 4.69) is 52.4 Å². The predicted octanol–water partition coefficient (Wildman–Crippen LogP) is 3.96. The fourth-order valence-corrected chi connectivity index (χ4v) is 24.2. The second-order valence-electron chi connectivity index (χ2n) is 8.94. The van der Waals surface area contributed by atoms with Crippen molar-refractivity contribution in [2.75, 3.05) is 19.8 Å². The fourth-order valence-electron chi connectivity index (χ4n) is 3.25. The van der Waals surface area contributed by atoms with Crippen molar-refractivity contribution in [3.8, 4) is 0 Å². The average Bonchev–Trinajstić information content (AvgIpc) is 3.06. The number of ether oxygens (including phenoxy) is 2. The normalized spacial score (nSPS) is 21.5. The third-order valence-electron chi connectivity index (χ3n) is 3.54. The Morgan fingerprint density at radius 3 is 2.13 bits per heavy atom. The van der Waals surface area contributed by atoms with E-state index in [1.807, 2.05) is 0 Å². The quantitative estimate of drug-likeness (QED) is 0.285. The van der Waals surface area contributed by atoms with Crippen molar-refractivity contribution in [3.05, 3.63) is 0 Å². The Kier molecular flexibility index (Phi) is 8.40. The van der Waals surface area contributed by atoms with Crippen LogP contribution in [0, 0.1) is 0 Å². The van der Waals surface area contributed by atoms with Gasteiger partial charge in [-0.25, -0.2) is 0 Å². The Morgan fingerprint density at radius 2 is 1.65 bits per heavy atom. The third kappa shape index (κ3) is 11.0. The highest BCUT2D eigenvalue weighted by Gasteiger charge is 2.41. The van der Waals surface area contributed by atoms with E-state index in [-0.39, 0.29) is 0 Å². The standard InChI is InChI=1S/C15H38O4Si4/c1-20(2)14-22(6,7)19-23(8,18-21(3,4)5)11-9-10-16-12-15-13-17-15/h15,20H,9-14H2,1-8H3. The molecule has 1 aliphatic heterocycles. The number of hydrogen-bond acceptors (Lipinski definition) is 4. The molecular weight excluding hydrogens is 357 g/mol. The van der Waals surface area contributed by atoms with Crippen LogP contribution in [-0.4, -0.2) is 59.9 Å². The van der Waals surface area contributed by atoms with Gasteiger partial charge in [0.1, 0.15) is 6.10 Å². The molecule has 138 valence electrons. The lowest BCUT2D eigenvalue weighted by molar-refractivity contribution is 0.116. The molecule has 0 aromatic carbocycles. The average molecular weight is 395 g/mol. The maximum atomic E-state index is 6.80. The molecule has 23 heavy (non-hydrogen) atoms. The van der Waals surface area contributed by atoms with Crippen LogP contribution in [0.4, 0.5) is 0 Å². The van der Waals surface area contributed by atoms with Crippen LogP contribution in [0.1, 0.15) is 6.42 Å². The molecule has 0 N–H and O–H groups in total. The monoisotopic (exact) mass is 394 g/mol. The molecule has 0 amide bonds. The minimum absolute atomic E-state index is 0.357. The highest BCUT2D eigenvalue weighted by molar-refractivity contribution is 6.91. The molecule has 0 aromatic heterocycles. The van der Waals surface area contributed by atoms with Crippen molar-refractivity contribution in [1.82, 2.24) is 0 Å². The van der Waals surface area contributed by atoms with Crippen molar-refractivity contribution < 1.29 is 17.7 Å². The molecule has 0 aromatic rings. The van der Waals surface area contributed by atoms with Gasteiger partial charge in [0.25, 0.3) is 0 Å². The molecule has 1 aliphatic rings. The van der Waals surface area contributed by atoms with Crippen LogP contribution >= 0.6 is 0 Å². The molecule has 1 fully saturated rings. The van der Waals surface area contributed by atoms with Crippen LogP contribution in [0.3, 0.4) is 0 Å². The summed E-state index contributed by atoms with van der Waals surface area (Å²) in [5.41, 5.74) is 1.33. The highest BCUT2D eigenvalue weighted by Crippen LogP contribution is 2.27. The minimum atomic E-state index is -2.11. The highest BCUT2D eigenvalue weighted by atomic mass is 28.5. The molecular formula is C15H38O4Si4. The Balaban J connectivity index is 2.52. The molecule has 1 saturated heterocycles. The maximum absolute atomic E-state index is 6.80. The summed E-state index contributed by atoms with van der Waals surface area (Å²) in [6, 6.07) is 1.04. The summed E-state index contributed by atoms with van der Waals surface area (Å²) in [7, 11) is -5.94. The number of rotatable bonds is 12. The van der Waals surface area contributed by atoms with E-state index < -0.39 is 34.0 Å². The van der Waals surface area contributed by atoms with E-state index >= 15 is 0 Å². The second kappa shape index (κ2) is 8.88. The van der Waals surface area contributed by atoms with Crippen LogP contribution in [0.15, 0.2) is 0 Å². The van der Waals surface area contributed by atoms with Crippen LogP contribution in [-0.2, 0) is 17.7 Å². The lowest BCUT2D eigenvalue weighted by atomic mass is 10.5. The Labute approximate surface area is 148 Å². The lowest BCUT2D eigenvalue weighted by Gasteiger charge is -2.40. The first-order valence-electron chi connectivity index (χ1n) is 9.00. The molecule has 4 nitrogen and oxygen atoms in total. The van der Waals surface area contributed by atoms with E-state index in [9.17, 15) is 0 Å². The molecule has 1 rings (SSSR count). The van der Waals surface area contributed by atoms with Crippen molar-refractivity contribution in [2.24, 2.45) is 0 Å². The largest absolute Gasteiger partial charge is 0.437 e. The van der Waals surface area contributed by atoms with Gasteiger partial charge in [-0.2, -0.15) is 0 Å². The topological polar surface area (TPSA) is 40.2 Å². The van der Waals surface area contributed by atoms with Crippen LogP contribution in [0.5, 0.6) is 0 Å². The van der Waals surface area contributed by atoms with E-state index in [0.717, 1.165) is 32.3 Å². The van der Waals surface area contributed by atoms with Crippen molar-refractivity contribution in [3.63, 3.8) is 0 Å². The molecule has 0 radical (unpaired) electrons. The van der Waals surface area contributed by atoms with Crippen LogP contribution in [0.25, 0.3) is 0 Å². The number of hydrogen-bond donors (Lipinski definition) is 0. The van der Waals surface area contributed by atoms with Gasteiger partial charge >= 0.3 is 8.56 Å². The molecule has 0 bridgehead atoms. The molecule has 0 spiro atoms. The van der Waals surface area contributed by atoms with Gasteiger partial charge in [0.15, 0.2) is 16.6 Å². The zero-order valence-electron chi connectivity index (χ0n) is 16.5.